The van der Waals surface area contributed by atoms with Gasteiger partial charge >= 0.3 is 0 Å². The number of amides is 1. The first-order valence-electron chi connectivity index (χ1n) is 6.72. The number of nitrogens with zero attached hydrogens (tertiary/aromatic N) is 1. The summed E-state index contributed by atoms with van der Waals surface area (Å²) in [5.41, 5.74) is 0.243. The minimum Gasteiger partial charge on any atom is -0.349 e. The van der Waals surface area contributed by atoms with E-state index >= 15 is 0 Å². The van der Waals surface area contributed by atoms with Crippen LogP contribution in [0, 0.1) is 16.0 Å². The van der Waals surface area contributed by atoms with Crippen molar-refractivity contribution in [3.8, 4) is 0 Å². The van der Waals surface area contributed by atoms with Crippen LogP contribution >= 0.6 is 15.9 Å². The molecule has 1 N–H and O–H groups in total. The molecule has 0 spiro atoms. The SMILES string of the molecule is CC1CCCC(NC(=O)c2cc([N+](=O)[O-])ccc2Br)C1. The van der Waals surface area contributed by atoms with Crippen LogP contribution in [-0.4, -0.2) is 16.9 Å². The van der Waals surface area contributed by atoms with E-state index in [0.717, 1.165) is 19.3 Å². The van der Waals surface area contributed by atoms with E-state index in [4.69, 9.17) is 0 Å². The third kappa shape index (κ3) is 3.56. The third-order valence-electron chi connectivity index (χ3n) is 3.68. The van der Waals surface area contributed by atoms with Crippen LogP contribution in [0.25, 0.3) is 0 Å². The highest BCUT2D eigenvalue weighted by Crippen LogP contribution is 2.26. The Morgan fingerprint density at radius 2 is 2.20 bits per heavy atom. The van der Waals surface area contributed by atoms with E-state index in [-0.39, 0.29) is 17.6 Å². The summed E-state index contributed by atoms with van der Waals surface area (Å²) in [6.45, 7) is 2.18. The van der Waals surface area contributed by atoms with E-state index in [1.54, 1.807) is 0 Å². The summed E-state index contributed by atoms with van der Waals surface area (Å²) in [5, 5.41) is 13.8. The van der Waals surface area contributed by atoms with Crippen molar-refractivity contribution in [2.45, 2.75) is 38.6 Å². The molecule has 1 aliphatic rings. The Labute approximate surface area is 126 Å². The molecule has 6 heteroatoms. The highest BCUT2D eigenvalue weighted by atomic mass is 79.9. The van der Waals surface area contributed by atoms with Gasteiger partial charge in [0.05, 0.1) is 10.5 Å². The quantitative estimate of drug-likeness (QED) is 0.673. The first-order chi connectivity index (χ1) is 9.47. The number of non-ortho nitro benzene ring substituents is 1. The zero-order valence-corrected chi connectivity index (χ0v) is 12.9. The van der Waals surface area contributed by atoms with E-state index < -0.39 is 4.92 Å². The van der Waals surface area contributed by atoms with Crippen molar-refractivity contribution in [1.82, 2.24) is 5.32 Å². The minimum atomic E-state index is -0.494. The minimum absolute atomic E-state index is 0.0737. The number of nitro groups is 1. The Kier molecular flexibility index (Phi) is 4.75. The molecular weight excluding hydrogens is 324 g/mol. The Morgan fingerprint density at radius 1 is 1.45 bits per heavy atom. The topological polar surface area (TPSA) is 72.2 Å². The van der Waals surface area contributed by atoms with Crippen LogP contribution in [0.3, 0.4) is 0 Å². The maximum absolute atomic E-state index is 12.3. The van der Waals surface area contributed by atoms with Gasteiger partial charge in [-0.1, -0.05) is 19.8 Å². The fraction of sp³-hybridized carbons (Fsp3) is 0.500. The largest absolute Gasteiger partial charge is 0.349 e. The fourth-order valence-corrected chi connectivity index (χ4v) is 3.06. The van der Waals surface area contributed by atoms with E-state index in [9.17, 15) is 14.9 Å². The van der Waals surface area contributed by atoms with Crippen LogP contribution < -0.4 is 5.32 Å². The number of carbonyl (C=O) groups excluding carboxylic acids is 1. The predicted molar refractivity (Wildman–Crippen MR) is 79.7 cm³/mol. The van der Waals surface area contributed by atoms with Crippen molar-refractivity contribution in [3.63, 3.8) is 0 Å². The molecule has 2 unspecified atom stereocenters. The summed E-state index contributed by atoms with van der Waals surface area (Å²) < 4.78 is 0.574. The van der Waals surface area contributed by atoms with Crippen molar-refractivity contribution in [3.05, 3.63) is 38.3 Å². The lowest BCUT2D eigenvalue weighted by atomic mass is 9.87. The molecule has 0 heterocycles. The zero-order chi connectivity index (χ0) is 14.7. The van der Waals surface area contributed by atoms with Gasteiger partial charge in [-0.3, -0.25) is 14.9 Å². The Hall–Kier alpha value is -1.43. The molecule has 2 atom stereocenters. The molecule has 0 aliphatic heterocycles. The zero-order valence-electron chi connectivity index (χ0n) is 11.3. The molecule has 5 nitrogen and oxygen atoms in total. The van der Waals surface area contributed by atoms with Gasteiger partial charge in [-0.05, 0) is 40.8 Å². The van der Waals surface area contributed by atoms with Gasteiger partial charge in [0.2, 0.25) is 0 Å². The van der Waals surface area contributed by atoms with E-state index in [1.165, 1.54) is 24.6 Å². The van der Waals surface area contributed by atoms with Crippen molar-refractivity contribution in [1.29, 1.82) is 0 Å². The normalized spacial score (nSPS) is 22.3. The monoisotopic (exact) mass is 340 g/mol. The van der Waals surface area contributed by atoms with Crippen LogP contribution in [0.4, 0.5) is 5.69 Å². The summed E-state index contributed by atoms with van der Waals surface area (Å²) in [5.74, 6) is 0.363. The number of nitrogens with one attached hydrogen (secondary N) is 1. The maximum atomic E-state index is 12.3. The Balaban J connectivity index is 2.12. The summed E-state index contributed by atoms with van der Waals surface area (Å²) in [7, 11) is 0. The van der Waals surface area contributed by atoms with Gasteiger partial charge in [0.15, 0.2) is 0 Å². The van der Waals surface area contributed by atoms with Gasteiger partial charge in [-0.15, -0.1) is 0 Å². The van der Waals surface area contributed by atoms with Gasteiger partial charge in [0, 0.05) is 22.6 Å². The van der Waals surface area contributed by atoms with Gasteiger partial charge in [0.1, 0.15) is 0 Å². The van der Waals surface area contributed by atoms with Crippen molar-refractivity contribution < 1.29 is 9.72 Å². The lowest BCUT2D eigenvalue weighted by Crippen LogP contribution is -2.38. The summed E-state index contributed by atoms with van der Waals surface area (Å²) in [6, 6.07) is 4.39. The van der Waals surface area contributed by atoms with Gasteiger partial charge in [-0.25, -0.2) is 0 Å². The van der Waals surface area contributed by atoms with Crippen LogP contribution in [0.2, 0.25) is 0 Å². The van der Waals surface area contributed by atoms with Crippen molar-refractivity contribution in [2.75, 3.05) is 0 Å². The summed E-state index contributed by atoms with van der Waals surface area (Å²) in [6.07, 6.45) is 4.26. The molecule has 0 saturated heterocycles. The second-order valence-electron chi connectivity index (χ2n) is 5.36. The smallest absolute Gasteiger partial charge is 0.270 e. The second-order valence-corrected chi connectivity index (χ2v) is 6.22. The molecule has 1 amide bonds. The molecule has 0 bridgehead atoms. The number of rotatable bonds is 3. The number of hydrogen-bond donors (Lipinski definition) is 1. The van der Waals surface area contributed by atoms with Crippen molar-refractivity contribution in [2.24, 2.45) is 5.92 Å². The van der Waals surface area contributed by atoms with E-state index in [0.29, 0.717) is 16.0 Å². The number of halogens is 1. The van der Waals surface area contributed by atoms with Gasteiger partial charge in [0.25, 0.3) is 11.6 Å². The number of hydrogen-bond acceptors (Lipinski definition) is 3. The van der Waals surface area contributed by atoms with Crippen LogP contribution in [-0.2, 0) is 0 Å². The Bertz CT molecular complexity index is 533. The molecule has 1 aliphatic carbocycles. The fourth-order valence-electron chi connectivity index (χ4n) is 2.63. The standard InChI is InChI=1S/C14H17BrN2O3/c1-9-3-2-4-10(7-9)16-14(18)12-8-11(17(19)20)5-6-13(12)15/h5-6,8-10H,2-4,7H2,1H3,(H,16,18). The molecule has 1 aromatic carbocycles. The highest BCUT2D eigenvalue weighted by Gasteiger charge is 2.22. The maximum Gasteiger partial charge on any atom is 0.270 e. The molecule has 0 radical (unpaired) electrons. The summed E-state index contributed by atoms with van der Waals surface area (Å²) in [4.78, 5) is 22.5. The first kappa shape index (κ1) is 15.0. The first-order valence-corrected chi connectivity index (χ1v) is 7.51. The van der Waals surface area contributed by atoms with Crippen LogP contribution in [0.15, 0.2) is 22.7 Å². The number of carbonyl (C=O) groups is 1. The molecule has 20 heavy (non-hydrogen) atoms. The highest BCUT2D eigenvalue weighted by molar-refractivity contribution is 9.10. The molecule has 1 fully saturated rings. The second kappa shape index (κ2) is 6.35. The number of nitro benzene ring substituents is 1. The van der Waals surface area contributed by atoms with E-state index in [2.05, 4.69) is 28.2 Å². The lowest BCUT2D eigenvalue weighted by molar-refractivity contribution is -0.384. The molecule has 108 valence electrons. The number of benzene rings is 1. The van der Waals surface area contributed by atoms with Crippen molar-refractivity contribution >= 4 is 27.5 Å². The van der Waals surface area contributed by atoms with E-state index in [1.807, 2.05) is 0 Å². The average Bonchev–Trinajstić information content (AvgIpc) is 2.38. The third-order valence-corrected chi connectivity index (χ3v) is 4.37. The molecule has 0 aromatic heterocycles. The van der Waals surface area contributed by atoms with Crippen LogP contribution in [0.5, 0.6) is 0 Å². The van der Waals surface area contributed by atoms with Gasteiger partial charge in [-0.2, -0.15) is 0 Å². The average molecular weight is 341 g/mol. The molecule has 1 saturated carbocycles. The van der Waals surface area contributed by atoms with Crippen LogP contribution in [0.1, 0.15) is 43.0 Å². The molecule has 1 aromatic rings. The summed E-state index contributed by atoms with van der Waals surface area (Å²) >= 11 is 3.27. The predicted octanol–water partition coefficient (Wildman–Crippen LogP) is 3.67. The van der Waals surface area contributed by atoms with Gasteiger partial charge < -0.3 is 5.32 Å². The lowest BCUT2D eigenvalue weighted by Gasteiger charge is -2.27. The molecular formula is C14H17BrN2O3. The molecule has 2 rings (SSSR count). The Morgan fingerprint density at radius 3 is 2.85 bits per heavy atom.